The van der Waals surface area contributed by atoms with Crippen LogP contribution in [0.4, 0.5) is 0 Å². The van der Waals surface area contributed by atoms with Crippen LogP contribution < -0.4 is 103 Å². The molecule has 1 aromatic heterocycles. The molecule has 0 aliphatic carbocycles. The maximum atomic E-state index is 15.6. The molecule has 0 radical (unpaired) electrons. The summed E-state index contributed by atoms with van der Waals surface area (Å²) in [6, 6.07) is 8.93. The van der Waals surface area contributed by atoms with Gasteiger partial charge in [-0.2, -0.15) is 11.8 Å². The smallest absolute Gasteiger partial charge is 0.246 e. The second-order valence-electron chi connectivity index (χ2n) is 28.3. The molecule has 0 unspecified atom stereocenters. The highest BCUT2D eigenvalue weighted by molar-refractivity contribution is 7.99. The van der Waals surface area contributed by atoms with E-state index in [2.05, 4.69) is 74.1 Å². The van der Waals surface area contributed by atoms with E-state index in [0.717, 1.165) is 36.4 Å². The van der Waals surface area contributed by atoms with Gasteiger partial charge in [0.1, 0.15) is 78.3 Å². The second kappa shape index (κ2) is 45.6. The number of primary amides is 4. The number of hydrogen-bond donors (Lipinski definition) is 20. The van der Waals surface area contributed by atoms with E-state index in [1.165, 1.54) is 20.8 Å². The molecular formula is C77H105N19O19S. The largest absolute Gasteiger partial charge is 0.492 e. The van der Waals surface area contributed by atoms with Gasteiger partial charge in [-0.1, -0.05) is 79.7 Å². The van der Waals surface area contributed by atoms with E-state index in [0.29, 0.717) is 33.3 Å². The first-order valence-electron chi connectivity index (χ1n) is 37.8. The zero-order chi connectivity index (χ0) is 85.3. The Kier molecular flexibility index (Phi) is 36.4. The van der Waals surface area contributed by atoms with Crippen molar-refractivity contribution in [2.24, 2.45) is 28.7 Å². The number of nitrogens with one attached hydrogen (secondary N) is 14. The number of amides is 17. The molecule has 17 amide bonds. The molecule has 116 heavy (non-hydrogen) atoms. The molecule has 38 nitrogen and oxygen atoms in total. The number of hydrogen-bond acceptors (Lipinski definition) is 21. The van der Waals surface area contributed by atoms with Crippen LogP contribution in [-0.2, 0) is 101 Å². The SMILES string of the molecule is CC[C@](C)(NC(=O)[C@H](Cc1ccc2ccccc2c1)NC(=O)[C@H](Cc1ccc(OCCN)cc1)NC(=O)[C@@H]1CSCC[C@H](NC(C)=O)C(=O)N[C@@H](CCC(N)=O)C(=O)N[C@@H]([C@@H](C)O)C(=O)N[C@@H](Cc2c[nH]c3ccccc23)C(=O)N[C@@H](CCC(N)=O)C(=O)N1)C(=O)N[C@@H](CCCCNC(C)=O)C(=O)N[C@@H](CC(N)=O)C(=O)NCC(N)=O. The number of rotatable bonds is 38. The molecular weight excluding hydrogens is 1530 g/mol. The number of para-hydroxylation sites is 1. The van der Waals surface area contributed by atoms with Crippen LogP contribution in [0.5, 0.6) is 5.75 Å². The number of ether oxygens (including phenoxy) is 1. The molecule has 12 atom stereocenters. The minimum Gasteiger partial charge on any atom is -0.492 e. The van der Waals surface area contributed by atoms with Crippen LogP contribution in [0.2, 0.25) is 0 Å². The fourth-order valence-corrected chi connectivity index (χ4v) is 13.4. The predicted molar refractivity (Wildman–Crippen MR) is 425 cm³/mol. The van der Waals surface area contributed by atoms with E-state index in [4.69, 9.17) is 33.4 Å². The van der Waals surface area contributed by atoms with Crippen molar-refractivity contribution >= 4 is 134 Å². The Morgan fingerprint density at radius 1 is 0.612 bits per heavy atom. The number of aromatic amines is 1. The molecule has 4 aromatic carbocycles. The van der Waals surface area contributed by atoms with Gasteiger partial charge in [0.05, 0.1) is 19.1 Å². The van der Waals surface area contributed by atoms with Crippen LogP contribution >= 0.6 is 11.8 Å². The summed E-state index contributed by atoms with van der Waals surface area (Å²) < 4.78 is 5.72. The third kappa shape index (κ3) is 29.9. The van der Waals surface area contributed by atoms with Crippen LogP contribution in [0.3, 0.4) is 0 Å². The third-order valence-corrected chi connectivity index (χ3v) is 19.9. The van der Waals surface area contributed by atoms with Gasteiger partial charge >= 0.3 is 0 Å². The van der Waals surface area contributed by atoms with Gasteiger partial charge in [0.2, 0.25) is 100 Å². The van der Waals surface area contributed by atoms with Gasteiger partial charge in [0, 0.05) is 81.9 Å². The second-order valence-corrected chi connectivity index (χ2v) is 29.4. The lowest BCUT2D eigenvalue weighted by Crippen LogP contribution is -2.64. The molecule has 5 aromatic rings. The quantitative estimate of drug-likeness (QED) is 0.0166. The molecule has 0 bridgehead atoms. The van der Waals surface area contributed by atoms with Crippen molar-refractivity contribution in [3.63, 3.8) is 0 Å². The topological polar surface area (TPSA) is 622 Å². The Bertz CT molecular complexity index is 4370. The van der Waals surface area contributed by atoms with E-state index >= 15 is 19.2 Å². The average molecular weight is 1630 g/mol. The molecule has 628 valence electrons. The number of benzene rings is 4. The van der Waals surface area contributed by atoms with Crippen molar-refractivity contribution in [3.05, 3.63) is 114 Å². The van der Waals surface area contributed by atoms with Gasteiger partial charge in [0.25, 0.3) is 0 Å². The summed E-state index contributed by atoms with van der Waals surface area (Å²) in [6.07, 6.45) is -4.08. The van der Waals surface area contributed by atoms with Gasteiger partial charge in [0.15, 0.2) is 0 Å². The number of carbonyl (C=O) groups is 17. The van der Waals surface area contributed by atoms with Crippen molar-refractivity contribution in [2.75, 3.05) is 37.7 Å². The summed E-state index contributed by atoms with van der Waals surface area (Å²) >= 11 is 0.931. The zero-order valence-corrected chi connectivity index (χ0v) is 65.9. The van der Waals surface area contributed by atoms with Crippen molar-refractivity contribution in [3.8, 4) is 5.75 Å². The van der Waals surface area contributed by atoms with Crippen LogP contribution in [-0.4, -0.2) is 220 Å². The van der Waals surface area contributed by atoms with Crippen LogP contribution in [0.25, 0.3) is 21.7 Å². The molecule has 1 aliphatic rings. The van der Waals surface area contributed by atoms with Crippen LogP contribution in [0.15, 0.2) is 97.2 Å². The fourth-order valence-electron chi connectivity index (χ4n) is 12.3. The van der Waals surface area contributed by atoms with E-state index < -0.39 is 211 Å². The maximum absolute atomic E-state index is 15.6. The molecule has 1 aliphatic heterocycles. The minimum atomic E-state index is -1.96. The summed E-state index contributed by atoms with van der Waals surface area (Å²) in [7, 11) is 0. The standard InChI is InChI=1S/C77H105N19O19S/c1-6-77(5,76(114)94-52(17-11-12-30-83-42(3)98)67(105)91-59(37-63(81)102)66(104)85-39-64(82)103)96-74(112)57(35-45-18-21-46-13-7-8-14-47(46)33-45)90-71(109)56(34-44-19-22-49(23-20-44)115-31-29-78)89-73(111)60-40-116-32-28-55(86-43(4)99)69(107)87-54(25-27-62(80)101)70(108)95-65(41(2)97)75(113)92-58(36-48-38-84-51-16-10-9-15-50(48)51)72(110)88-53(68(106)93-60)24-26-61(79)100/h7-10,13-16,18-23,33,38,41,52-60,65,84,97H,6,11-12,17,24-32,34-37,39-40,78H2,1-5H3,(H2,79,100)(H2,80,101)(H2,81,102)(H2,82,103)(H,83,98)(H,85,104)(H,86,99)(H,87,107)(H,88,110)(H,89,111)(H,90,109)(H,91,105)(H,92,113)(H,93,106)(H,94,114)(H,95,108)(H,96,112)/t41-,52+,53+,54+,55+,56+,57+,58+,59+,60+,65+,77+/m1/s1. The lowest BCUT2D eigenvalue weighted by molar-refractivity contribution is -0.138. The number of carbonyl (C=O) groups excluding carboxylic acids is 17. The Balaban J connectivity index is 1.44. The number of thioether (sulfide) groups is 1. The van der Waals surface area contributed by atoms with Crippen LogP contribution in [0, 0.1) is 0 Å². The summed E-state index contributed by atoms with van der Waals surface area (Å²) in [6.45, 7) is 6.18. The number of unbranched alkanes of at least 4 members (excludes halogenated alkanes) is 1. The molecule has 6 rings (SSSR count). The molecule has 39 heteroatoms. The Labute approximate surface area is 672 Å². The zero-order valence-electron chi connectivity index (χ0n) is 65.1. The fraction of sp³-hybridized carbons (Fsp3) is 0.468. The van der Waals surface area contributed by atoms with Gasteiger partial charge in [-0.05, 0) is 110 Å². The van der Waals surface area contributed by atoms with Crippen molar-refractivity contribution in [1.29, 1.82) is 0 Å². The van der Waals surface area contributed by atoms with Gasteiger partial charge in [-0.25, -0.2) is 0 Å². The summed E-state index contributed by atoms with van der Waals surface area (Å²) in [4.78, 5) is 238. The lowest BCUT2D eigenvalue weighted by Gasteiger charge is -2.33. The number of aromatic nitrogens is 1. The highest BCUT2D eigenvalue weighted by Gasteiger charge is 2.41. The van der Waals surface area contributed by atoms with E-state index in [1.807, 2.05) is 18.2 Å². The molecule has 0 spiro atoms. The molecule has 0 saturated carbocycles. The number of aliphatic hydroxyl groups is 1. The molecule has 25 N–H and O–H groups in total. The van der Waals surface area contributed by atoms with Crippen molar-refractivity contribution in [2.45, 2.75) is 190 Å². The van der Waals surface area contributed by atoms with Gasteiger partial charge in [-0.15, -0.1) is 0 Å². The first kappa shape index (κ1) is 92.6. The number of aliphatic hydroxyl groups excluding tert-OH is 1. The molecule has 1 saturated heterocycles. The Morgan fingerprint density at radius 2 is 1.21 bits per heavy atom. The number of nitrogens with two attached hydrogens (primary N) is 5. The first-order valence-corrected chi connectivity index (χ1v) is 38.9. The summed E-state index contributed by atoms with van der Waals surface area (Å²) in [5.41, 5.74) is 27.5. The summed E-state index contributed by atoms with van der Waals surface area (Å²) in [5.74, 6) is -16.6. The van der Waals surface area contributed by atoms with Crippen LogP contribution in [0.1, 0.15) is 116 Å². The highest BCUT2D eigenvalue weighted by atomic mass is 32.2. The normalized spacial score (nSPS) is 18.9. The number of fused-ring (bicyclic) bond motifs is 2. The first-order chi connectivity index (χ1) is 55.1. The van der Waals surface area contributed by atoms with E-state index in [1.54, 1.807) is 79.0 Å². The van der Waals surface area contributed by atoms with Crippen molar-refractivity contribution in [1.82, 2.24) is 74.1 Å². The number of H-pyrrole nitrogens is 1. The Hall–Kier alpha value is -12.3. The van der Waals surface area contributed by atoms with E-state index in [-0.39, 0.29) is 82.7 Å². The maximum Gasteiger partial charge on any atom is 0.246 e. The molecule has 1 fully saturated rings. The predicted octanol–water partition coefficient (Wildman–Crippen LogP) is -4.33. The minimum absolute atomic E-state index is 0.125. The van der Waals surface area contributed by atoms with Crippen molar-refractivity contribution < 1.29 is 91.4 Å². The van der Waals surface area contributed by atoms with E-state index in [9.17, 15) is 67.4 Å². The Morgan fingerprint density at radius 3 is 1.84 bits per heavy atom. The van der Waals surface area contributed by atoms with Gasteiger partial charge < -0.3 is 113 Å². The average Bonchev–Trinajstić information content (AvgIpc) is 1.59. The third-order valence-electron chi connectivity index (χ3n) is 18.8. The molecule has 2 heterocycles. The lowest BCUT2D eigenvalue weighted by atomic mass is 9.94. The van der Waals surface area contributed by atoms with Gasteiger partial charge in [-0.3, -0.25) is 81.5 Å². The highest BCUT2D eigenvalue weighted by Crippen LogP contribution is 2.23. The monoisotopic (exact) mass is 1630 g/mol. The summed E-state index contributed by atoms with van der Waals surface area (Å²) in [5, 5.41) is 46.5.